The van der Waals surface area contributed by atoms with E-state index in [1.807, 2.05) is 54.6 Å². The number of hydrogen-bond donors (Lipinski definition) is 1. The van der Waals surface area contributed by atoms with Gasteiger partial charge in [0.25, 0.3) is 5.91 Å². The molecule has 0 spiro atoms. The van der Waals surface area contributed by atoms with Crippen LogP contribution in [0.4, 0.5) is 5.69 Å². The van der Waals surface area contributed by atoms with Gasteiger partial charge in [-0.15, -0.1) is 0 Å². The number of carbonyl (C=O) groups is 1. The van der Waals surface area contributed by atoms with Crippen LogP contribution < -0.4 is 5.32 Å². The fourth-order valence-corrected chi connectivity index (χ4v) is 4.59. The molecule has 3 aromatic rings. The smallest absolute Gasteiger partial charge is 0.255 e. The Hall–Kier alpha value is -2.96. The molecule has 0 unspecified atom stereocenters. The number of carbonyl (C=O) groups excluding carboxylic acids is 1. The summed E-state index contributed by atoms with van der Waals surface area (Å²) in [5.41, 5.74) is 3.09. The zero-order chi connectivity index (χ0) is 20.9. The number of benzene rings is 3. The van der Waals surface area contributed by atoms with E-state index in [1.165, 1.54) is 16.4 Å². The van der Waals surface area contributed by atoms with Gasteiger partial charge in [-0.05, 0) is 41.5 Å². The molecule has 1 N–H and O–H groups in total. The number of sulfonamides is 1. The molecule has 0 bridgehead atoms. The van der Waals surface area contributed by atoms with Crippen LogP contribution in [0.3, 0.4) is 0 Å². The average Bonchev–Trinajstić information content (AvgIpc) is 2.75. The third kappa shape index (κ3) is 4.72. The van der Waals surface area contributed by atoms with E-state index in [1.54, 1.807) is 26.0 Å². The van der Waals surface area contributed by atoms with Crippen molar-refractivity contribution in [1.29, 1.82) is 0 Å². The number of hydrogen-bond acceptors (Lipinski definition) is 3. The van der Waals surface area contributed by atoms with Crippen molar-refractivity contribution < 1.29 is 13.2 Å². The highest BCUT2D eigenvalue weighted by Gasteiger charge is 2.22. The maximum Gasteiger partial charge on any atom is 0.255 e. The minimum absolute atomic E-state index is 0.119. The van der Waals surface area contributed by atoms with E-state index in [2.05, 4.69) is 5.32 Å². The Morgan fingerprint density at radius 2 is 1.45 bits per heavy atom. The van der Waals surface area contributed by atoms with Crippen LogP contribution in [0.25, 0.3) is 11.1 Å². The number of nitrogens with one attached hydrogen (secondary N) is 1. The van der Waals surface area contributed by atoms with E-state index in [-0.39, 0.29) is 10.8 Å². The lowest BCUT2D eigenvalue weighted by molar-refractivity contribution is 0.102. The maximum absolute atomic E-state index is 12.7. The van der Waals surface area contributed by atoms with Crippen LogP contribution in [-0.2, 0) is 10.0 Å². The van der Waals surface area contributed by atoms with Crippen LogP contribution >= 0.6 is 0 Å². The van der Waals surface area contributed by atoms with Crippen LogP contribution in [0.2, 0.25) is 0 Å². The summed E-state index contributed by atoms with van der Waals surface area (Å²) in [5, 5.41) is 2.83. The van der Waals surface area contributed by atoms with Crippen molar-refractivity contribution in [3.8, 4) is 11.1 Å². The molecule has 3 rings (SSSR count). The summed E-state index contributed by atoms with van der Waals surface area (Å²) in [4.78, 5) is 12.8. The molecular formula is C23H24N2O3S. The molecule has 5 nitrogen and oxygen atoms in total. The second-order valence-corrected chi connectivity index (χ2v) is 8.45. The van der Waals surface area contributed by atoms with Gasteiger partial charge in [-0.25, -0.2) is 8.42 Å². The predicted octanol–water partition coefficient (Wildman–Crippen LogP) is 4.64. The summed E-state index contributed by atoms with van der Waals surface area (Å²) in [5.74, 6) is -0.353. The van der Waals surface area contributed by atoms with E-state index in [4.69, 9.17) is 0 Å². The minimum Gasteiger partial charge on any atom is -0.322 e. The molecule has 0 saturated carbocycles. The lowest BCUT2D eigenvalue weighted by Gasteiger charge is -2.18. The normalized spacial score (nSPS) is 11.4. The van der Waals surface area contributed by atoms with Crippen LogP contribution in [0.5, 0.6) is 0 Å². The fourth-order valence-electron chi connectivity index (χ4n) is 3.09. The first-order valence-electron chi connectivity index (χ1n) is 9.52. The second kappa shape index (κ2) is 9.03. The highest BCUT2D eigenvalue weighted by molar-refractivity contribution is 7.89. The summed E-state index contributed by atoms with van der Waals surface area (Å²) in [6, 6.07) is 23.6. The Labute approximate surface area is 172 Å². The molecule has 0 aliphatic rings. The van der Waals surface area contributed by atoms with Crippen LogP contribution in [0.1, 0.15) is 24.2 Å². The lowest BCUT2D eigenvalue weighted by Crippen LogP contribution is -2.30. The summed E-state index contributed by atoms with van der Waals surface area (Å²) >= 11 is 0. The standard InChI is InChI=1S/C23H24N2O3S/c1-3-25(4-2)29(27,28)22-12-8-11-20(17-22)23(26)24-21-15-13-19(14-16-21)18-9-6-5-7-10-18/h5-17H,3-4H2,1-2H3,(H,24,26). The number of nitrogens with zero attached hydrogens (tertiary/aromatic N) is 1. The molecule has 0 heterocycles. The van der Waals surface area contributed by atoms with Crippen LogP contribution in [-0.4, -0.2) is 31.7 Å². The highest BCUT2D eigenvalue weighted by atomic mass is 32.2. The summed E-state index contributed by atoms with van der Waals surface area (Å²) in [7, 11) is -3.61. The highest BCUT2D eigenvalue weighted by Crippen LogP contribution is 2.22. The lowest BCUT2D eigenvalue weighted by atomic mass is 10.1. The Bertz CT molecular complexity index is 1070. The van der Waals surface area contributed by atoms with Crippen LogP contribution in [0.15, 0.2) is 83.8 Å². The predicted molar refractivity (Wildman–Crippen MR) is 116 cm³/mol. The van der Waals surface area contributed by atoms with Crippen molar-refractivity contribution in [3.05, 3.63) is 84.4 Å². The van der Waals surface area contributed by atoms with Gasteiger partial charge in [0.05, 0.1) is 4.90 Å². The van der Waals surface area contributed by atoms with Crippen molar-refractivity contribution in [1.82, 2.24) is 4.31 Å². The van der Waals surface area contributed by atoms with E-state index < -0.39 is 10.0 Å². The average molecular weight is 409 g/mol. The van der Waals surface area contributed by atoms with Gasteiger partial charge in [0.1, 0.15) is 0 Å². The molecule has 0 radical (unpaired) electrons. The largest absolute Gasteiger partial charge is 0.322 e. The van der Waals surface area contributed by atoms with E-state index >= 15 is 0 Å². The Kier molecular flexibility index (Phi) is 6.46. The molecule has 0 fully saturated rings. The zero-order valence-corrected chi connectivity index (χ0v) is 17.3. The molecule has 0 aliphatic heterocycles. The molecule has 0 atom stereocenters. The molecule has 3 aromatic carbocycles. The topological polar surface area (TPSA) is 66.5 Å². The van der Waals surface area contributed by atoms with Crippen molar-refractivity contribution >= 4 is 21.6 Å². The molecule has 0 saturated heterocycles. The monoisotopic (exact) mass is 408 g/mol. The molecule has 6 heteroatoms. The first-order valence-corrected chi connectivity index (χ1v) is 11.0. The molecule has 150 valence electrons. The third-order valence-corrected chi connectivity index (χ3v) is 6.74. The molecule has 29 heavy (non-hydrogen) atoms. The zero-order valence-electron chi connectivity index (χ0n) is 16.5. The van der Waals surface area contributed by atoms with E-state index in [0.717, 1.165) is 11.1 Å². The molecule has 1 amide bonds. The van der Waals surface area contributed by atoms with Crippen molar-refractivity contribution in [3.63, 3.8) is 0 Å². The van der Waals surface area contributed by atoms with Crippen molar-refractivity contribution in [2.75, 3.05) is 18.4 Å². The van der Waals surface area contributed by atoms with Gasteiger partial charge in [0.15, 0.2) is 0 Å². The summed E-state index contributed by atoms with van der Waals surface area (Å²) in [6.07, 6.45) is 0. The maximum atomic E-state index is 12.7. The number of rotatable bonds is 7. The van der Waals surface area contributed by atoms with Crippen molar-refractivity contribution in [2.45, 2.75) is 18.7 Å². The fraction of sp³-hybridized carbons (Fsp3) is 0.174. The van der Waals surface area contributed by atoms with Gasteiger partial charge in [-0.2, -0.15) is 4.31 Å². The number of anilines is 1. The number of amides is 1. The molecular weight excluding hydrogens is 384 g/mol. The molecule has 0 aromatic heterocycles. The second-order valence-electron chi connectivity index (χ2n) is 6.51. The Balaban J connectivity index is 1.78. The van der Waals surface area contributed by atoms with Gasteiger partial charge in [0, 0.05) is 24.3 Å². The SMILES string of the molecule is CCN(CC)S(=O)(=O)c1cccc(C(=O)Nc2ccc(-c3ccccc3)cc2)c1. The Morgan fingerprint density at radius 3 is 2.07 bits per heavy atom. The third-order valence-electron chi connectivity index (χ3n) is 4.69. The van der Waals surface area contributed by atoms with Crippen LogP contribution in [0, 0.1) is 0 Å². The first kappa shape index (κ1) is 20.8. The van der Waals surface area contributed by atoms with Gasteiger partial charge < -0.3 is 5.32 Å². The summed E-state index contributed by atoms with van der Waals surface area (Å²) in [6.45, 7) is 4.33. The van der Waals surface area contributed by atoms with Gasteiger partial charge in [-0.3, -0.25) is 4.79 Å². The van der Waals surface area contributed by atoms with E-state index in [0.29, 0.717) is 24.3 Å². The minimum atomic E-state index is -3.61. The van der Waals surface area contributed by atoms with Gasteiger partial charge in [-0.1, -0.05) is 62.4 Å². The van der Waals surface area contributed by atoms with E-state index in [9.17, 15) is 13.2 Å². The molecule has 0 aliphatic carbocycles. The van der Waals surface area contributed by atoms with Gasteiger partial charge >= 0.3 is 0 Å². The van der Waals surface area contributed by atoms with Gasteiger partial charge in [0.2, 0.25) is 10.0 Å². The Morgan fingerprint density at radius 1 is 0.828 bits per heavy atom. The summed E-state index contributed by atoms with van der Waals surface area (Å²) < 4.78 is 26.8. The quantitative estimate of drug-likeness (QED) is 0.619. The first-order chi connectivity index (χ1) is 14.0. The van der Waals surface area contributed by atoms with Crippen molar-refractivity contribution in [2.24, 2.45) is 0 Å².